The third kappa shape index (κ3) is 3.17. The van der Waals surface area contributed by atoms with Crippen molar-refractivity contribution in [3.8, 4) is 0 Å². The zero-order chi connectivity index (χ0) is 13.1. The van der Waals surface area contributed by atoms with Crippen LogP contribution in [0.4, 0.5) is 0 Å². The van der Waals surface area contributed by atoms with Crippen LogP contribution in [0.1, 0.15) is 10.4 Å². The lowest BCUT2D eigenvalue weighted by Gasteiger charge is -2.31. The first-order valence-electron chi connectivity index (χ1n) is 5.81. The minimum Gasteiger partial charge on any atom is -0.343 e. The van der Waals surface area contributed by atoms with E-state index in [9.17, 15) is 9.59 Å². The van der Waals surface area contributed by atoms with Crippen molar-refractivity contribution >= 4 is 27.6 Å². The molecule has 4 nitrogen and oxygen atoms in total. The summed E-state index contributed by atoms with van der Waals surface area (Å²) < 4.78 is 0.953. The largest absolute Gasteiger partial charge is 0.343 e. The van der Waals surface area contributed by atoms with Crippen molar-refractivity contribution < 1.29 is 9.59 Å². The van der Waals surface area contributed by atoms with Crippen molar-refractivity contribution in [2.45, 2.75) is 0 Å². The first-order chi connectivity index (χ1) is 8.56. The molecule has 0 unspecified atom stereocenters. The molecule has 2 rings (SSSR count). The number of carbonyl (C=O) groups is 2. The molecule has 0 N–H and O–H groups in total. The Morgan fingerprint density at radius 2 is 1.94 bits per heavy atom. The van der Waals surface area contributed by atoms with Gasteiger partial charge in [0.2, 0.25) is 5.91 Å². The smallest absolute Gasteiger partial charge is 0.236 e. The highest BCUT2D eigenvalue weighted by atomic mass is 79.9. The Labute approximate surface area is 115 Å². The fourth-order valence-corrected chi connectivity index (χ4v) is 2.14. The molecular weight excluding hydrogens is 296 g/mol. The van der Waals surface area contributed by atoms with Gasteiger partial charge in [0.1, 0.15) is 0 Å². The predicted octanol–water partition coefficient (Wildman–Crippen LogP) is 1.41. The van der Waals surface area contributed by atoms with Crippen LogP contribution in [-0.4, -0.2) is 54.7 Å². The lowest BCUT2D eigenvalue weighted by Crippen LogP contribution is -2.49. The van der Waals surface area contributed by atoms with Gasteiger partial charge in [-0.15, -0.1) is 0 Å². The second-order valence-corrected chi connectivity index (χ2v) is 5.37. The van der Waals surface area contributed by atoms with Crippen LogP contribution >= 0.6 is 15.9 Å². The van der Waals surface area contributed by atoms with Crippen LogP contribution in [0.25, 0.3) is 0 Å². The van der Waals surface area contributed by atoms with Crippen molar-refractivity contribution in [3.63, 3.8) is 0 Å². The molecule has 0 radical (unpaired) electrons. The standard InChI is InChI=1S/C13H15BrN2O2/c1-15-6-7-16(9-13(15)18)8-12(17)10-2-4-11(14)5-3-10/h2-5H,6-9H2,1H3. The van der Waals surface area contributed by atoms with Gasteiger partial charge in [-0.05, 0) is 12.1 Å². The van der Waals surface area contributed by atoms with Crippen molar-refractivity contribution in [3.05, 3.63) is 34.3 Å². The second-order valence-electron chi connectivity index (χ2n) is 4.46. The summed E-state index contributed by atoms with van der Waals surface area (Å²) in [5.74, 6) is 0.129. The fraction of sp³-hybridized carbons (Fsp3) is 0.385. The first kappa shape index (κ1) is 13.2. The van der Waals surface area contributed by atoms with Gasteiger partial charge in [0.25, 0.3) is 0 Å². The molecule has 1 amide bonds. The molecule has 1 aliphatic rings. The molecule has 0 aromatic heterocycles. The van der Waals surface area contributed by atoms with Crippen molar-refractivity contribution in [1.29, 1.82) is 0 Å². The number of rotatable bonds is 3. The number of amides is 1. The van der Waals surface area contributed by atoms with Crippen LogP contribution in [0.2, 0.25) is 0 Å². The molecule has 1 aromatic carbocycles. The zero-order valence-corrected chi connectivity index (χ0v) is 11.8. The van der Waals surface area contributed by atoms with Gasteiger partial charge in [-0.1, -0.05) is 28.1 Å². The van der Waals surface area contributed by atoms with E-state index < -0.39 is 0 Å². The van der Waals surface area contributed by atoms with Gasteiger partial charge in [-0.25, -0.2) is 0 Å². The number of likely N-dealkylation sites (N-methyl/N-ethyl adjacent to an activating group) is 1. The van der Waals surface area contributed by atoms with Crippen LogP contribution < -0.4 is 0 Å². The molecule has 0 spiro atoms. The highest BCUT2D eigenvalue weighted by Crippen LogP contribution is 2.12. The molecule has 0 saturated carbocycles. The summed E-state index contributed by atoms with van der Waals surface area (Å²) in [6.45, 7) is 2.08. The number of benzene rings is 1. The van der Waals surface area contributed by atoms with E-state index in [-0.39, 0.29) is 11.7 Å². The number of halogens is 1. The number of nitrogens with zero attached hydrogens (tertiary/aromatic N) is 2. The predicted molar refractivity (Wildman–Crippen MR) is 72.5 cm³/mol. The molecule has 5 heteroatoms. The third-order valence-electron chi connectivity index (χ3n) is 3.07. The Morgan fingerprint density at radius 3 is 2.56 bits per heavy atom. The number of hydrogen-bond donors (Lipinski definition) is 0. The van der Waals surface area contributed by atoms with E-state index in [0.29, 0.717) is 25.2 Å². The Kier molecular flexibility index (Phi) is 4.14. The molecule has 0 aliphatic carbocycles. The fourth-order valence-electron chi connectivity index (χ4n) is 1.87. The van der Waals surface area contributed by atoms with E-state index in [0.717, 1.165) is 11.0 Å². The molecule has 96 valence electrons. The average molecular weight is 311 g/mol. The minimum absolute atomic E-state index is 0.0554. The minimum atomic E-state index is 0.0554. The number of hydrogen-bond acceptors (Lipinski definition) is 3. The van der Waals surface area contributed by atoms with Crippen LogP contribution in [0, 0.1) is 0 Å². The molecule has 0 bridgehead atoms. The molecule has 0 atom stereocenters. The van der Waals surface area contributed by atoms with Crippen molar-refractivity contribution in [1.82, 2.24) is 9.80 Å². The van der Waals surface area contributed by atoms with Gasteiger partial charge in [-0.3, -0.25) is 14.5 Å². The molecule has 18 heavy (non-hydrogen) atoms. The third-order valence-corrected chi connectivity index (χ3v) is 3.60. The maximum Gasteiger partial charge on any atom is 0.236 e. The normalized spacial score (nSPS) is 17.0. The number of piperazine rings is 1. The van der Waals surface area contributed by atoms with Gasteiger partial charge >= 0.3 is 0 Å². The molecule has 1 saturated heterocycles. The maximum atomic E-state index is 12.0. The van der Waals surface area contributed by atoms with Crippen LogP contribution in [0.5, 0.6) is 0 Å². The average Bonchev–Trinajstić information content (AvgIpc) is 2.34. The van der Waals surface area contributed by atoms with Crippen LogP contribution in [0.15, 0.2) is 28.7 Å². The monoisotopic (exact) mass is 310 g/mol. The summed E-state index contributed by atoms with van der Waals surface area (Å²) >= 11 is 3.34. The second kappa shape index (κ2) is 5.63. The topological polar surface area (TPSA) is 40.6 Å². The summed E-state index contributed by atoms with van der Waals surface area (Å²) in [7, 11) is 1.79. The molecule has 1 heterocycles. The Bertz CT molecular complexity index is 459. The van der Waals surface area contributed by atoms with Gasteiger partial charge in [0.15, 0.2) is 5.78 Å². The molecular formula is C13H15BrN2O2. The Hall–Kier alpha value is -1.20. The maximum absolute atomic E-state index is 12.0. The summed E-state index contributed by atoms with van der Waals surface area (Å²) in [5, 5.41) is 0. The van der Waals surface area contributed by atoms with Gasteiger partial charge in [0.05, 0.1) is 13.1 Å². The summed E-state index contributed by atoms with van der Waals surface area (Å²) in [6.07, 6.45) is 0. The van der Waals surface area contributed by atoms with E-state index in [1.807, 2.05) is 17.0 Å². The quantitative estimate of drug-likeness (QED) is 0.793. The van der Waals surface area contributed by atoms with E-state index >= 15 is 0 Å². The van der Waals surface area contributed by atoms with Crippen LogP contribution in [-0.2, 0) is 4.79 Å². The molecule has 1 aliphatic heterocycles. The summed E-state index contributed by atoms with van der Waals surface area (Å²) in [6, 6.07) is 7.29. The zero-order valence-electron chi connectivity index (χ0n) is 10.2. The van der Waals surface area contributed by atoms with Crippen LogP contribution in [0.3, 0.4) is 0 Å². The Balaban J connectivity index is 1.95. The highest BCUT2D eigenvalue weighted by Gasteiger charge is 2.22. The SMILES string of the molecule is CN1CCN(CC(=O)c2ccc(Br)cc2)CC1=O. The van der Waals surface area contributed by atoms with Gasteiger partial charge in [0, 0.05) is 30.2 Å². The Morgan fingerprint density at radius 1 is 1.28 bits per heavy atom. The van der Waals surface area contributed by atoms with Crippen molar-refractivity contribution in [2.24, 2.45) is 0 Å². The van der Waals surface area contributed by atoms with Crippen molar-refractivity contribution in [2.75, 3.05) is 33.2 Å². The lowest BCUT2D eigenvalue weighted by molar-refractivity contribution is -0.134. The van der Waals surface area contributed by atoms with E-state index in [1.54, 1.807) is 24.1 Å². The lowest BCUT2D eigenvalue weighted by atomic mass is 10.1. The first-order valence-corrected chi connectivity index (χ1v) is 6.60. The summed E-state index contributed by atoms with van der Waals surface area (Å²) in [5.41, 5.74) is 0.685. The van der Waals surface area contributed by atoms with Gasteiger partial charge < -0.3 is 4.90 Å². The highest BCUT2D eigenvalue weighted by molar-refractivity contribution is 9.10. The number of ketones is 1. The van der Waals surface area contributed by atoms with Gasteiger partial charge in [-0.2, -0.15) is 0 Å². The molecule has 1 aromatic rings. The van der Waals surface area contributed by atoms with E-state index in [1.165, 1.54) is 0 Å². The molecule has 1 fully saturated rings. The number of Topliss-reactive ketones (excluding diaryl/α,β-unsaturated/α-hetero) is 1. The summed E-state index contributed by atoms with van der Waals surface area (Å²) in [4.78, 5) is 27.2. The van der Waals surface area contributed by atoms with E-state index in [2.05, 4.69) is 15.9 Å². The number of carbonyl (C=O) groups excluding carboxylic acids is 2. The van der Waals surface area contributed by atoms with E-state index in [4.69, 9.17) is 0 Å².